The molecule has 9 nitrogen and oxygen atoms in total. The molecule has 1 amide bonds. The molecule has 3 heterocycles. The molecule has 1 fully saturated rings. The van der Waals surface area contributed by atoms with E-state index in [2.05, 4.69) is 4.98 Å². The number of carbonyl (C=O) groups excluding carboxylic acids is 2. The van der Waals surface area contributed by atoms with Gasteiger partial charge in [0.15, 0.2) is 0 Å². The average molecular weight is 464 g/mol. The van der Waals surface area contributed by atoms with Gasteiger partial charge in [-0.2, -0.15) is 0 Å². The number of nitrogens with two attached hydrogens (primary N) is 1. The molecule has 3 aromatic rings. The molecule has 1 aromatic carbocycles. The first-order chi connectivity index (χ1) is 16.1. The summed E-state index contributed by atoms with van der Waals surface area (Å²) >= 11 is 0. The topological polar surface area (TPSA) is 123 Å². The molecule has 0 aliphatic carbocycles. The molecule has 1 saturated heterocycles. The highest BCUT2D eigenvalue weighted by atomic mass is 16.7. The minimum atomic E-state index is -0.671. The van der Waals surface area contributed by atoms with Crippen molar-refractivity contribution in [3.05, 3.63) is 59.9 Å². The molecule has 178 valence electrons. The maximum Gasteiger partial charge on any atom is 0.509 e. The first-order valence-electron chi connectivity index (χ1n) is 11.2. The van der Waals surface area contributed by atoms with Crippen LogP contribution in [0.4, 0.5) is 4.79 Å². The van der Waals surface area contributed by atoms with Crippen LogP contribution >= 0.6 is 0 Å². The van der Waals surface area contributed by atoms with E-state index in [-0.39, 0.29) is 17.8 Å². The Labute approximate surface area is 198 Å². The summed E-state index contributed by atoms with van der Waals surface area (Å²) in [6, 6.07) is 10.9. The molecule has 0 bridgehead atoms. The van der Waals surface area contributed by atoms with E-state index in [0.717, 1.165) is 11.3 Å². The first kappa shape index (κ1) is 23.3. The number of rotatable bonds is 4. The molecule has 0 unspecified atom stereocenters. The van der Waals surface area contributed by atoms with Gasteiger partial charge in [-0.15, -0.1) is 0 Å². The highest BCUT2D eigenvalue weighted by molar-refractivity contribution is 6.00. The molecule has 0 atom stereocenters. The lowest BCUT2D eigenvalue weighted by molar-refractivity contribution is -0.0375. The molecule has 0 saturated carbocycles. The van der Waals surface area contributed by atoms with E-state index in [4.69, 9.17) is 20.6 Å². The van der Waals surface area contributed by atoms with Gasteiger partial charge in [-0.3, -0.25) is 10.2 Å². The summed E-state index contributed by atoms with van der Waals surface area (Å²) in [6.45, 7) is 6.39. The van der Waals surface area contributed by atoms with E-state index in [0.29, 0.717) is 42.7 Å². The van der Waals surface area contributed by atoms with Crippen molar-refractivity contribution >= 4 is 23.5 Å². The summed E-state index contributed by atoms with van der Waals surface area (Å²) in [5.74, 6) is -0.0971. The number of pyridine rings is 1. The molecule has 0 radical (unpaired) electrons. The van der Waals surface area contributed by atoms with Crippen LogP contribution < -0.4 is 5.73 Å². The second kappa shape index (κ2) is 9.17. The number of amidine groups is 1. The number of ether oxygens (including phenoxy) is 2. The van der Waals surface area contributed by atoms with Crippen LogP contribution in [0, 0.1) is 5.41 Å². The number of fused-ring (bicyclic) bond motifs is 1. The van der Waals surface area contributed by atoms with Gasteiger partial charge in [0.2, 0.25) is 0 Å². The van der Waals surface area contributed by atoms with Crippen LogP contribution in [0.25, 0.3) is 16.9 Å². The van der Waals surface area contributed by atoms with Crippen LogP contribution in [-0.2, 0) is 9.47 Å². The van der Waals surface area contributed by atoms with Gasteiger partial charge in [0.1, 0.15) is 23.2 Å². The molecule has 1 aliphatic rings. The maximum atomic E-state index is 13.0. The third-order valence-corrected chi connectivity index (χ3v) is 5.58. The second-order valence-electron chi connectivity index (χ2n) is 9.34. The van der Waals surface area contributed by atoms with Gasteiger partial charge in [-0.05, 0) is 45.0 Å². The number of likely N-dealkylation sites (tertiary alicyclic amines) is 1. The minimum absolute atomic E-state index is 0.0380. The molecule has 3 N–H and O–H groups in total. The van der Waals surface area contributed by atoms with Crippen LogP contribution in [-0.4, -0.2) is 57.0 Å². The third-order valence-electron chi connectivity index (χ3n) is 5.58. The zero-order valence-corrected chi connectivity index (χ0v) is 19.6. The Balaban J connectivity index is 1.39. The standard InChI is InChI=1S/C25H29N5O4/c1-25(2,3)34-24(32)33-18-10-13-29(14-11-18)23(31)17-8-6-16(7-9-17)20-15-30-12-4-5-19(21(26)27)22(30)28-20/h4-9,12,15,18H,10-11,13-14H2,1-3H3,(H3,26,27). The summed E-state index contributed by atoms with van der Waals surface area (Å²) in [7, 11) is 0. The quantitative estimate of drug-likeness (QED) is 0.344. The Kier molecular flexibility index (Phi) is 6.28. The Morgan fingerprint density at radius 1 is 1.12 bits per heavy atom. The minimum Gasteiger partial charge on any atom is -0.431 e. The predicted molar refractivity (Wildman–Crippen MR) is 128 cm³/mol. The molecule has 0 spiro atoms. The average Bonchev–Trinajstić information content (AvgIpc) is 3.22. The van der Waals surface area contributed by atoms with Crippen LogP contribution in [0.5, 0.6) is 0 Å². The lowest BCUT2D eigenvalue weighted by atomic mass is 10.0. The van der Waals surface area contributed by atoms with Crippen molar-refractivity contribution in [2.45, 2.75) is 45.3 Å². The van der Waals surface area contributed by atoms with E-state index in [9.17, 15) is 9.59 Å². The number of imidazole rings is 1. The zero-order chi connectivity index (χ0) is 24.5. The largest absolute Gasteiger partial charge is 0.509 e. The second-order valence-corrected chi connectivity index (χ2v) is 9.34. The molecule has 34 heavy (non-hydrogen) atoms. The van der Waals surface area contributed by atoms with Gasteiger partial charge >= 0.3 is 6.16 Å². The highest BCUT2D eigenvalue weighted by Crippen LogP contribution is 2.23. The van der Waals surface area contributed by atoms with Crippen molar-refractivity contribution in [2.75, 3.05) is 13.1 Å². The summed E-state index contributed by atoms with van der Waals surface area (Å²) in [6.07, 6.45) is 3.94. The van der Waals surface area contributed by atoms with Gasteiger partial charge < -0.3 is 24.5 Å². The molecule has 4 rings (SSSR count). The van der Waals surface area contributed by atoms with Crippen LogP contribution in [0.3, 0.4) is 0 Å². The van der Waals surface area contributed by atoms with Crippen LogP contribution in [0.15, 0.2) is 48.8 Å². The van der Waals surface area contributed by atoms with Crippen molar-refractivity contribution in [3.63, 3.8) is 0 Å². The third kappa shape index (κ3) is 5.19. The fraction of sp³-hybridized carbons (Fsp3) is 0.360. The lowest BCUT2D eigenvalue weighted by Gasteiger charge is -2.32. The van der Waals surface area contributed by atoms with E-state index in [1.54, 1.807) is 43.9 Å². The smallest absolute Gasteiger partial charge is 0.431 e. The maximum absolute atomic E-state index is 13.0. The fourth-order valence-corrected chi connectivity index (χ4v) is 3.92. The SMILES string of the molecule is CC(C)(C)OC(=O)OC1CCN(C(=O)c2ccc(-c3cn4cccc(C(=N)N)c4n3)cc2)CC1. The van der Waals surface area contributed by atoms with E-state index in [1.807, 2.05) is 35.0 Å². The first-order valence-corrected chi connectivity index (χ1v) is 11.2. The van der Waals surface area contributed by atoms with Crippen molar-refractivity contribution in [3.8, 4) is 11.3 Å². The van der Waals surface area contributed by atoms with Crippen LogP contribution in [0.1, 0.15) is 49.5 Å². The highest BCUT2D eigenvalue weighted by Gasteiger charge is 2.28. The summed E-state index contributed by atoms with van der Waals surface area (Å²) in [5, 5.41) is 7.74. The van der Waals surface area contributed by atoms with Crippen molar-refractivity contribution < 1.29 is 19.1 Å². The number of amides is 1. The number of hydrogen-bond donors (Lipinski definition) is 2. The number of nitrogen functional groups attached to an aromatic ring is 1. The number of carbonyl (C=O) groups is 2. The van der Waals surface area contributed by atoms with Crippen LogP contribution in [0.2, 0.25) is 0 Å². The normalized spacial score (nSPS) is 14.7. The van der Waals surface area contributed by atoms with E-state index < -0.39 is 11.8 Å². The zero-order valence-electron chi connectivity index (χ0n) is 19.6. The lowest BCUT2D eigenvalue weighted by Crippen LogP contribution is -2.41. The van der Waals surface area contributed by atoms with Gasteiger partial charge in [0.05, 0.1) is 11.3 Å². The fourth-order valence-electron chi connectivity index (χ4n) is 3.92. The number of benzene rings is 1. The van der Waals surface area contributed by atoms with Crippen molar-refractivity contribution in [2.24, 2.45) is 5.73 Å². The van der Waals surface area contributed by atoms with Crippen molar-refractivity contribution in [1.82, 2.24) is 14.3 Å². The summed E-state index contributed by atoms with van der Waals surface area (Å²) < 4.78 is 12.4. The Morgan fingerprint density at radius 3 is 2.41 bits per heavy atom. The Bertz CT molecular complexity index is 1220. The van der Waals surface area contributed by atoms with E-state index >= 15 is 0 Å². The molecule has 2 aromatic heterocycles. The number of nitrogens with one attached hydrogen (secondary N) is 1. The monoisotopic (exact) mass is 463 g/mol. The van der Waals surface area contributed by atoms with Gasteiger partial charge in [-0.25, -0.2) is 9.78 Å². The van der Waals surface area contributed by atoms with E-state index in [1.165, 1.54) is 0 Å². The predicted octanol–water partition coefficient (Wildman–Crippen LogP) is 3.84. The van der Waals surface area contributed by atoms with Gasteiger partial charge in [0.25, 0.3) is 5.91 Å². The van der Waals surface area contributed by atoms with Crippen molar-refractivity contribution in [1.29, 1.82) is 5.41 Å². The van der Waals surface area contributed by atoms with Gasteiger partial charge in [0, 0.05) is 49.5 Å². The number of aromatic nitrogens is 2. The molecule has 1 aliphatic heterocycles. The molecular weight excluding hydrogens is 434 g/mol. The number of piperidine rings is 1. The number of hydrogen-bond acceptors (Lipinski definition) is 6. The Hall–Kier alpha value is -3.88. The molecule has 9 heteroatoms. The Morgan fingerprint density at radius 2 is 1.79 bits per heavy atom. The van der Waals surface area contributed by atoms with Gasteiger partial charge in [-0.1, -0.05) is 12.1 Å². The molecular formula is C25H29N5O4. The summed E-state index contributed by atoms with van der Waals surface area (Å²) in [4.78, 5) is 31.2. The number of nitrogens with zero attached hydrogens (tertiary/aromatic N) is 3. The summed E-state index contributed by atoms with van der Waals surface area (Å²) in [5.41, 5.74) is 8.43.